The predicted molar refractivity (Wildman–Crippen MR) is 116 cm³/mol. The van der Waals surface area contributed by atoms with Crippen LogP contribution in [0.4, 0.5) is 4.79 Å². The molecule has 1 spiro atoms. The third kappa shape index (κ3) is 4.54. The lowest BCUT2D eigenvalue weighted by molar-refractivity contribution is -0.134. The molecule has 3 aliphatic rings. The fourth-order valence-electron chi connectivity index (χ4n) is 5.06. The van der Waals surface area contributed by atoms with Crippen LogP contribution < -0.4 is 15.4 Å². The maximum Gasteiger partial charge on any atom is 0.325 e. The summed E-state index contributed by atoms with van der Waals surface area (Å²) in [5.41, 5.74) is 0.333. The Labute approximate surface area is 183 Å². The molecule has 1 saturated carbocycles. The van der Waals surface area contributed by atoms with Gasteiger partial charge in [0.15, 0.2) is 0 Å². The van der Waals surface area contributed by atoms with E-state index in [1.165, 1.54) is 6.42 Å². The van der Waals surface area contributed by atoms with Crippen molar-refractivity contribution in [1.82, 2.24) is 20.4 Å². The van der Waals surface area contributed by atoms with Crippen LogP contribution >= 0.6 is 0 Å². The molecule has 0 aromatic heterocycles. The first-order chi connectivity index (χ1) is 15.0. The van der Waals surface area contributed by atoms with E-state index >= 15 is 0 Å². The highest BCUT2D eigenvalue weighted by atomic mass is 16.5. The molecule has 1 aromatic rings. The van der Waals surface area contributed by atoms with Crippen LogP contribution in [0.2, 0.25) is 0 Å². The molecule has 4 amide bonds. The molecule has 0 bridgehead atoms. The monoisotopic (exact) mass is 428 g/mol. The maximum atomic E-state index is 12.8. The summed E-state index contributed by atoms with van der Waals surface area (Å²) >= 11 is 0. The van der Waals surface area contributed by atoms with Gasteiger partial charge >= 0.3 is 6.03 Å². The number of piperidine rings is 1. The molecule has 3 fully saturated rings. The van der Waals surface area contributed by atoms with E-state index in [1.54, 1.807) is 7.11 Å². The Morgan fingerprint density at radius 3 is 2.42 bits per heavy atom. The highest BCUT2D eigenvalue weighted by Crippen LogP contribution is 2.35. The van der Waals surface area contributed by atoms with Crippen LogP contribution in [-0.2, 0) is 9.59 Å². The third-order valence-corrected chi connectivity index (χ3v) is 6.83. The quantitative estimate of drug-likeness (QED) is 0.650. The number of rotatable bonds is 7. The summed E-state index contributed by atoms with van der Waals surface area (Å²) in [4.78, 5) is 41.3. The maximum absolute atomic E-state index is 12.8. The molecule has 2 N–H and O–H groups in total. The van der Waals surface area contributed by atoms with Gasteiger partial charge in [-0.2, -0.15) is 0 Å². The lowest BCUT2D eigenvalue weighted by Crippen LogP contribution is -2.46. The van der Waals surface area contributed by atoms with Crippen LogP contribution in [0.15, 0.2) is 24.3 Å². The number of benzene rings is 1. The number of likely N-dealkylation sites (tertiary alicyclic amines) is 1. The van der Waals surface area contributed by atoms with Crippen molar-refractivity contribution in [3.05, 3.63) is 29.8 Å². The number of hydrogen-bond donors (Lipinski definition) is 2. The summed E-state index contributed by atoms with van der Waals surface area (Å²) < 4.78 is 5.27. The Kier molecular flexibility index (Phi) is 6.46. The van der Waals surface area contributed by atoms with Crippen LogP contribution in [0.5, 0.6) is 5.75 Å². The number of carbonyl (C=O) groups is 3. The van der Waals surface area contributed by atoms with E-state index in [-0.39, 0.29) is 24.4 Å². The molecule has 2 heterocycles. The Hall–Kier alpha value is -2.61. The molecule has 31 heavy (non-hydrogen) atoms. The van der Waals surface area contributed by atoms with Crippen molar-refractivity contribution in [1.29, 1.82) is 0 Å². The third-order valence-electron chi connectivity index (χ3n) is 6.83. The SMILES string of the molecule is COc1ccc([C@@H](CNC(=O)CN2C(=O)NC3(CCCC3)C2=O)N2CCCCC2)cc1. The van der Waals surface area contributed by atoms with E-state index < -0.39 is 11.6 Å². The van der Waals surface area contributed by atoms with Crippen LogP contribution in [-0.4, -0.2) is 66.5 Å². The highest BCUT2D eigenvalue weighted by Gasteiger charge is 2.52. The minimum absolute atomic E-state index is 0.0411. The average Bonchev–Trinajstić information content (AvgIpc) is 3.35. The van der Waals surface area contributed by atoms with E-state index in [0.717, 1.165) is 55.0 Å². The summed E-state index contributed by atoms with van der Waals surface area (Å²) in [6.45, 7) is 2.17. The van der Waals surface area contributed by atoms with Crippen molar-refractivity contribution in [2.45, 2.75) is 56.5 Å². The number of nitrogens with one attached hydrogen (secondary N) is 2. The van der Waals surface area contributed by atoms with E-state index in [9.17, 15) is 14.4 Å². The summed E-state index contributed by atoms with van der Waals surface area (Å²) in [7, 11) is 1.64. The molecule has 4 rings (SSSR count). The van der Waals surface area contributed by atoms with E-state index in [1.807, 2.05) is 24.3 Å². The predicted octanol–water partition coefficient (Wildman–Crippen LogP) is 2.20. The van der Waals surface area contributed by atoms with Gasteiger partial charge in [0.05, 0.1) is 13.2 Å². The fourth-order valence-corrected chi connectivity index (χ4v) is 5.06. The number of methoxy groups -OCH3 is 1. The van der Waals surface area contributed by atoms with Crippen LogP contribution in [0.1, 0.15) is 56.6 Å². The zero-order valence-corrected chi connectivity index (χ0v) is 18.2. The number of hydrogen-bond acceptors (Lipinski definition) is 5. The zero-order chi connectivity index (χ0) is 21.8. The van der Waals surface area contributed by atoms with Crippen molar-refractivity contribution in [2.75, 3.05) is 33.3 Å². The summed E-state index contributed by atoms with van der Waals surface area (Å²) in [6.07, 6.45) is 6.67. The average molecular weight is 429 g/mol. The van der Waals surface area contributed by atoms with Gasteiger partial charge in [-0.3, -0.25) is 19.4 Å². The van der Waals surface area contributed by atoms with Crippen molar-refractivity contribution >= 4 is 17.8 Å². The largest absolute Gasteiger partial charge is 0.497 e. The molecule has 1 aromatic carbocycles. The van der Waals surface area contributed by atoms with Gasteiger partial charge in [0.25, 0.3) is 5.91 Å². The van der Waals surface area contributed by atoms with E-state index in [0.29, 0.717) is 19.4 Å². The van der Waals surface area contributed by atoms with Gasteiger partial charge < -0.3 is 15.4 Å². The van der Waals surface area contributed by atoms with Crippen molar-refractivity contribution in [3.63, 3.8) is 0 Å². The Morgan fingerprint density at radius 2 is 1.77 bits per heavy atom. The standard InChI is InChI=1S/C23H32N4O4/c1-31-18-9-7-17(8-10-18)19(26-13-5-2-6-14-26)15-24-20(28)16-27-21(29)23(25-22(27)30)11-3-4-12-23/h7-10,19H,2-6,11-16H2,1H3,(H,24,28)(H,25,30)/t19-/m1/s1. The zero-order valence-electron chi connectivity index (χ0n) is 18.2. The van der Waals surface area contributed by atoms with Gasteiger partial charge in [-0.15, -0.1) is 0 Å². The number of carbonyl (C=O) groups excluding carboxylic acids is 3. The van der Waals surface area contributed by atoms with Gasteiger partial charge in [0.1, 0.15) is 17.8 Å². The topological polar surface area (TPSA) is 91.0 Å². The first kappa shape index (κ1) is 21.6. The molecule has 8 heteroatoms. The molecule has 1 atom stereocenters. The second kappa shape index (κ2) is 9.26. The molecule has 2 saturated heterocycles. The minimum atomic E-state index is -0.781. The second-order valence-corrected chi connectivity index (χ2v) is 8.80. The number of amides is 4. The number of ether oxygens (including phenoxy) is 1. The molecule has 0 unspecified atom stereocenters. The first-order valence-electron chi connectivity index (χ1n) is 11.3. The number of urea groups is 1. The fraction of sp³-hybridized carbons (Fsp3) is 0.609. The van der Waals surface area contributed by atoms with E-state index in [4.69, 9.17) is 4.74 Å². The van der Waals surface area contributed by atoms with Gasteiger partial charge in [0, 0.05) is 6.54 Å². The molecule has 1 aliphatic carbocycles. The van der Waals surface area contributed by atoms with Crippen LogP contribution in [0.3, 0.4) is 0 Å². The summed E-state index contributed by atoms with van der Waals surface area (Å²) in [6, 6.07) is 7.52. The van der Waals surface area contributed by atoms with Crippen LogP contribution in [0.25, 0.3) is 0 Å². The molecular formula is C23H32N4O4. The Bertz CT molecular complexity index is 813. The first-order valence-corrected chi connectivity index (χ1v) is 11.3. The summed E-state index contributed by atoms with van der Waals surface area (Å²) in [5.74, 6) is 0.228. The molecular weight excluding hydrogens is 396 g/mol. The lowest BCUT2D eigenvalue weighted by atomic mass is 9.98. The highest BCUT2D eigenvalue weighted by molar-refractivity contribution is 6.09. The van der Waals surface area contributed by atoms with Gasteiger partial charge in [0.2, 0.25) is 5.91 Å². The van der Waals surface area contributed by atoms with Crippen LogP contribution in [0, 0.1) is 0 Å². The molecule has 2 aliphatic heterocycles. The van der Waals surface area contributed by atoms with Gasteiger partial charge in [-0.1, -0.05) is 31.4 Å². The van der Waals surface area contributed by atoms with Crippen molar-refractivity contribution in [2.24, 2.45) is 0 Å². The minimum Gasteiger partial charge on any atom is -0.497 e. The number of nitrogens with zero attached hydrogens (tertiary/aromatic N) is 2. The smallest absolute Gasteiger partial charge is 0.325 e. The van der Waals surface area contributed by atoms with E-state index in [2.05, 4.69) is 15.5 Å². The molecule has 8 nitrogen and oxygen atoms in total. The molecule has 168 valence electrons. The Morgan fingerprint density at radius 1 is 1.10 bits per heavy atom. The van der Waals surface area contributed by atoms with Gasteiger partial charge in [-0.05, 0) is 56.5 Å². The lowest BCUT2D eigenvalue weighted by Gasteiger charge is -2.35. The summed E-state index contributed by atoms with van der Waals surface area (Å²) in [5, 5.41) is 5.79. The van der Waals surface area contributed by atoms with Crippen molar-refractivity contribution in [3.8, 4) is 5.75 Å². The van der Waals surface area contributed by atoms with Crippen molar-refractivity contribution < 1.29 is 19.1 Å². The normalized spacial score (nSPS) is 21.9. The molecule has 0 radical (unpaired) electrons. The Balaban J connectivity index is 1.39. The van der Waals surface area contributed by atoms with Gasteiger partial charge in [-0.25, -0.2) is 4.79 Å². The number of imide groups is 1. The second-order valence-electron chi connectivity index (χ2n) is 8.80.